The van der Waals surface area contributed by atoms with E-state index in [-0.39, 0.29) is 0 Å². The Morgan fingerprint density at radius 3 is 2.70 bits per heavy atom. The lowest BCUT2D eigenvalue weighted by atomic mass is 10.1. The van der Waals surface area contributed by atoms with Crippen LogP contribution >= 0.6 is 11.3 Å². The molecule has 23 heavy (non-hydrogen) atoms. The number of hydrogen-bond acceptors (Lipinski definition) is 5. The molecule has 1 aromatic carbocycles. The van der Waals surface area contributed by atoms with Crippen LogP contribution in [0.5, 0.6) is 10.9 Å². The van der Waals surface area contributed by atoms with E-state index in [0.717, 1.165) is 28.9 Å². The molecule has 5 heteroatoms. The quantitative estimate of drug-likeness (QED) is 0.707. The monoisotopic (exact) mass is 325 g/mol. The molecule has 4 rings (SSSR count). The van der Waals surface area contributed by atoms with Gasteiger partial charge in [-0.15, -0.1) is 0 Å². The van der Waals surface area contributed by atoms with Crippen LogP contribution in [0.1, 0.15) is 18.4 Å². The van der Waals surface area contributed by atoms with Crippen LogP contribution in [0.2, 0.25) is 0 Å². The summed E-state index contributed by atoms with van der Waals surface area (Å²) in [7, 11) is 0. The minimum Gasteiger partial charge on any atom is -0.431 e. The van der Waals surface area contributed by atoms with Crippen LogP contribution in [-0.2, 0) is 6.42 Å². The Bertz CT molecular complexity index is 745. The largest absolute Gasteiger partial charge is 0.431 e. The zero-order valence-electron chi connectivity index (χ0n) is 12.9. The molecule has 0 radical (unpaired) electrons. The number of pyridine rings is 1. The lowest BCUT2D eigenvalue weighted by molar-refractivity contribution is 0.343. The van der Waals surface area contributed by atoms with Gasteiger partial charge in [-0.1, -0.05) is 23.5 Å². The summed E-state index contributed by atoms with van der Waals surface area (Å²) in [5.74, 6) is 0.835. The zero-order valence-corrected chi connectivity index (χ0v) is 13.8. The third kappa shape index (κ3) is 3.51. The molecular weight excluding hydrogens is 306 g/mol. The van der Waals surface area contributed by atoms with Crippen molar-refractivity contribution < 1.29 is 4.74 Å². The predicted octanol–water partition coefficient (Wildman–Crippen LogP) is 4.12. The topological polar surface area (TPSA) is 38.2 Å². The second-order valence-electron chi connectivity index (χ2n) is 5.87. The molecule has 0 amide bonds. The highest BCUT2D eigenvalue weighted by Gasteiger charge is 2.11. The van der Waals surface area contributed by atoms with E-state index in [1.807, 2.05) is 18.2 Å². The SMILES string of the molecule is c1cc2sc(Oc3ccc(CCN4CCCC4)cc3)nc2cn1. The number of aromatic nitrogens is 2. The lowest BCUT2D eigenvalue weighted by Gasteiger charge is -2.14. The molecule has 0 unspecified atom stereocenters. The van der Waals surface area contributed by atoms with Gasteiger partial charge in [0.05, 0.1) is 10.9 Å². The van der Waals surface area contributed by atoms with Gasteiger partial charge < -0.3 is 9.64 Å². The number of benzene rings is 1. The normalized spacial score (nSPS) is 15.3. The number of rotatable bonds is 5. The molecule has 0 saturated carbocycles. The summed E-state index contributed by atoms with van der Waals surface area (Å²) in [5, 5.41) is 0.665. The van der Waals surface area contributed by atoms with Gasteiger partial charge in [0.15, 0.2) is 0 Å². The molecular formula is C18H19N3OS. The number of hydrogen-bond donors (Lipinski definition) is 0. The number of likely N-dealkylation sites (tertiary alicyclic amines) is 1. The number of ether oxygens (including phenoxy) is 1. The van der Waals surface area contributed by atoms with E-state index >= 15 is 0 Å². The third-order valence-electron chi connectivity index (χ3n) is 4.21. The van der Waals surface area contributed by atoms with Gasteiger partial charge in [0.25, 0.3) is 5.19 Å². The molecule has 1 aliphatic heterocycles. The standard InChI is InChI=1S/C18H19N3OS/c1-2-11-21(10-1)12-8-14-3-5-15(6-4-14)22-18-20-16-13-19-9-7-17(16)23-18/h3-7,9,13H,1-2,8,10-12H2. The smallest absolute Gasteiger partial charge is 0.279 e. The maximum atomic E-state index is 5.87. The molecule has 118 valence electrons. The van der Waals surface area contributed by atoms with E-state index in [1.165, 1.54) is 31.5 Å². The van der Waals surface area contributed by atoms with Crippen molar-refractivity contribution in [2.45, 2.75) is 19.3 Å². The highest BCUT2D eigenvalue weighted by atomic mass is 32.1. The first-order valence-electron chi connectivity index (χ1n) is 8.06. The zero-order chi connectivity index (χ0) is 15.5. The number of thiazole rings is 1. The predicted molar refractivity (Wildman–Crippen MR) is 93.3 cm³/mol. The van der Waals surface area contributed by atoms with Gasteiger partial charge in [0, 0.05) is 12.7 Å². The summed E-state index contributed by atoms with van der Waals surface area (Å²) in [6.45, 7) is 3.67. The summed E-state index contributed by atoms with van der Waals surface area (Å²) >= 11 is 1.54. The van der Waals surface area contributed by atoms with Crippen LogP contribution in [0, 0.1) is 0 Å². The van der Waals surface area contributed by atoms with Crippen LogP contribution in [0.3, 0.4) is 0 Å². The van der Waals surface area contributed by atoms with Crippen LogP contribution in [-0.4, -0.2) is 34.5 Å². The first kappa shape index (κ1) is 14.6. The Morgan fingerprint density at radius 2 is 1.91 bits per heavy atom. The number of nitrogens with zero attached hydrogens (tertiary/aromatic N) is 3. The molecule has 1 fully saturated rings. The van der Waals surface area contributed by atoms with Gasteiger partial charge in [0.1, 0.15) is 11.3 Å². The van der Waals surface area contributed by atoms with E-state index < -0.39 is 0 Å². The van der Waals surface area contributed by atoms with Crippen LogP contribution in [0.15, 0.2) is 42.7 Å². The fraction of sp³-hybridized carbons (Fsp3) is 0.333. The Balaban J connectivity index is 1.39. The van der Waals surface area contributed by atoms with E-state index in [1.54, 1.807) is 23.7 Å². The minimum atomic E-state index is 0.665. The van der Waals surface area contributed by atoms with E-state index in [2.05, 4.69) is 27.0 Å². The van der Waals surface area contributed by atoms with Crippen molar-refractivity contribution >= 4 is 21.6 Å². The van der Waals surface area contributed by atoms with Gasteiger partial charge in [-0.05, 0) is 56.1 Å². The lowest BCUT2D eigenvalue weighted by Crippen LogP contribution is -2.21. The second kappa shape index (κ2) is 6.64. The van der Waals surface area contributed by atoms with E-state index in [0.29, 0.717) is 5.19 Å². The molecule has 3 heterocycles. The molecule has 4 nitrogen and oxygen atoms in total. The molecule has 1 saturated heterocycles. The average molecular weight is 325 g/mol. The maximum absolute atomic E-state index is 5.87. The molecule has 0 aliphatic carbocycles. The van der Waals surface area contributed by atoms with Crippen LogP contribution in [0.25, 0.3) is 10.2 Å². The highest BCUT2D eigenvalue weighted by Crippen LogP contribution is 2.30. The molecule has 1 aliphatic rings. The molecule has 0 bridgehead atoms. The molecule has 2 aromatic heterocycles. The van der Waals surface area contributed by atoms with Crippen molar-refractivity contribution in [3.8, 4) is 10.9 Å². The van der Waals surface area contributed by atoms with Gasteiger partial charge in [-0.2, -0.15) is 0 Å². The van der Waals surface area contributed by atoms with Crippen molar-refractivity contribution in [2.24, 2.45) is 0 Å². The molecule has 3 aromatic rings. The fourth-order valence-corrected chi connectivity index (χ4v) is 3.72. The van der Waals surface area contributed by atoms with E-state index in [4.69, 9.17) is 4.74 Å². The average Bonchev–Trinajstić information content (AvgIpc) is 3.23. The highest BCUT2D eigenvalue weighted by molar-refractivity contribution is 7.20. The third-order valence-corrected chi connectivity index (χ3v) is 5.13. The van der Waals surface area contributed by atoms with Crippen LogP contribution in [0.4, 0.5) is 0 Å². The molecule has 0 N–H and O–H groups in total. The van der Waals surface area contributed by atoms with Crippen molar-refractivity contribution in [1.29, 1.82) is 0 Å². The Labute approximate surface area is 139 Å². The Hall–Kier alpha value is -1.98. The first-order chi connectivity index (χ1) is 11.4. The van der Waals surface area contributed by atoms with Crippen molar-refractivity contribution in [3.63, 3.8) is 0 Å². The van der Waals surface area contributed by atoms with Crippen molar-refractivity contribution in [3.05, 3.63) is 48.3 Å². The minimum absolute atomic E-state index is 0.665. The van der Waals surface area contributed by atoms with Crippen LogP contribution < -0.4 is 4.74 Å². The summed E-state index contributed by atoms with van der Waals surface area (Å²) in [6, 6.07) is 10.3. The summed E-state index contributed by atoms with van der Waals surface area (Å²) in [6.07, 6.45) is 7.35. The fourth-order valence-electron chi connectivity index (χ4n) is 2.92. The summed E-state index contributed by atoms with van der Waals surface area (Å²) < 4.78 is 6.96. The summed E-state index contributed by atoms with van der Waals surface area (Å²) in [4.78, 5) is 11.1. The Kier molecular flexibility index (Phi) is 4.22. The maximum Gasteiger partial charge on any atom is 0.279 e. The van der Waals surface area contributed by atoms with E-state index in [9.17, 15) is 0 Å². The van der Waals surface area contributed by atoms with Gasteiger partial charge >= 0.3 is 0 Å². The van der Waals surface area contributed by atoms with Gasteiger partial charge in [0.2, 0.25) is 0 Å². The van der Waals surface area contributed by atoms with Crippen molar-refractivity contribution in [2.75, 3.05) is 19.6 Å². The van der Waals surface area contributed by atoms with Gasteiger partial charge in [-0.3, -0.25) is 4.98 Å². The van der Waals surface area contributed by atoms with Gasteiger partial charge in [-0.25, -0.2) is 4.98 Å². The second-order valence-corrected chi connectivity index (χ2v) is 6.86. The Morgan fingerprint density at radius 1 is 1.09 bits per heavy atom. The van der Waals surface area contributed by atoms with Crippen molar-refractivity contribution in [1.82, 2.24) is 14.9 Å². The summed E-state index contributed by atoms with van der Waals surface area (Å²) in [5.41, 5.74) is 2.24. The number of fused-ring (bicyclic) bond motifs is 1. The first-order valence-corrected chi connectivity index (χ1v) is 8.88. The molecule has 0 atom stereocenters. The molecule has 0 spiro atoms.